The molecule has 2 aromatic heterocycles. The lowest BCUT2D eigenvalue weighted by Crippen LogP contribution is -2.36. The van der Waals surface area contributed by atoms with E-state index < -0.39 is 0 Å². The van der Waals surface area contributed by atoms with E-state index in [-0.39, 0.29) is 5.91 Å². The van der Waals surface area contributed by atoms with E-state index in [9.17, 15) is 4.79 Å². The van der Waals surface area contributed by atoms with Crippen LogP contribution < -0.4 is 0 Å². The fourth-order valence-corrected chi connectivity index (χ4v) is 4.70. The van der Waals surface area contributed by atoms with Gasteiger partial charge in [0.15, 0.2) is 0 Å². The molecule has 3 heterocycles. The van der Waals surface area contributed by atoms with Crippen LogP contribution in [0.15, 0.2) is 42.6 Å². The number of fused-ring (bicyclic) bond motifs is 1. The topological polar surface area (TPSA) is 62.2 Å². The quantitative estimate of drug-likeness (QED) is 0.552. The van der Waals surface area contributed by atoms with Crippen LogP contribution in [0.25, 0.3) is 11.0 Å². The average molecular weight is 424 g/mol. The maximum atomic E-state index is 12.6. The Balaban J connectivity index is 1.22. The molecule has 0 N–H and O–H groups in total. The third-order valence-corrected chi connectivity index (χ3v) is 6.51. The molecule has 0 saturated carbocycles. The molecule has 1 aliphatic heterocycles. The molecule has 158 valence electrons. The number of carbonyl (C=O) groups is 1. The Morgan fingerprint density at radius 2 is 2.13 bits per heavy atom. The van der Waals surface area contributed by atoms with Crippen molar-refractivity contribution < 1.29 is 4.79 Å². The number of likely N-dealkylation sites (N-methyl/N-ethyl adjacent to an activating group) is 1. The Kier molecular flexibility index (Phi) is 7.02. The molecule has 1 fully saturated rings. The van der Waals surface area contributed by atoms with Gasteiger partial charge in [0.25, 0.3) is 0 Å². The highest BCUT2D eigenvalue weighted by Gasteiger charge is 2.21. The van der Waals surface area contributed by atoms with Crippen molar-refractivity contribution in [3.05, 3.63) is 53.9 Å². The first-order chi connectivity index (χ1) is 14.7. The van der Waals surface area contributed by atoms with E-state index in [1.54, 1.807) is 6.20 Å². The van der Waals surface area contributed by atoms with Gasteiger partial charge >= 0.3 is 0 Å². The lowest BCUT2D eigenvalue weighted by molar-refractivity contribution is -0.130. The van der Waals surface area contributed by atoms with E-state index in [0.717, 1.165) is 55.7 Å². The number of benzene rings is 1. The van der Waals surface area contributed by atoms with E-state index in [2.05, 4.69) is 36.8 Å². The van der Waals surface area contributed by atoms with Crippen LogP contribution in [0.3, 0.4) is 0 Å². The van der Waals surface area contributed by atoms with Crippen molar-refractivity contribution >= 4 is 28.7 Å². The number of aromatic nitrogens is 3. The molecular weight excluding hydrogens is 394 g/mol. The third kappa shape index (κ3) is 5.61. The summed E-state index contributed by atoms with van der Waals surface area (Å²) in [5, 5.41) is 0. The highest BCUT2D eigenvalue weighted by atomic mass is 32.1. The number of hydrogen-bond acceptors (Lipinski definition) is 6. The molecular formula is C23H29N5OS. The van der Waals surface area contributed by atoms with Crippen molar-refractivity contribution in [2.24, 2.45) is 5.92 Å². The Bertz CT molecular complexity index is 960. The van der Waals surface area contributed by atoms with Crippen LogP contribution >= 0.6 is 11.7 Å². The van der Waals surface area contributed by atoms with E-state index in [1.807, 2.05) is 30.1 Å². The van der Waals surface area contributed by atoms with Crippen molar-refractivity contribution in [3.8, 4) is 0 Å². The second kappa shape index (κ2) is 10.1. The zero-order chi connectivity index (χ0) is 20.8. The van der Waals surface area contributed by atoms with Crippen molar-refractivity contribution in [2.75, 3.05) is 26.7 Å². The lowest BCUT2D eigenvalue weighted by Gasteiger charge is -2.33. The maximum absolute atomic E-state index is 12.6. The predicted molar refractivity (Wildman–Crippen MR) is 120 cm³/mol. The summed E-state index contributed by atoms with van der Waals surface area (Å²) in [6, 6.07) is 12.3. The van der Waals surface area contributed by atoms with Crippen molar-refractivity contribution in [2.45, 2.75) is 38.6 Å². The van der Waals surface area contributed by atoms with E-state index >= 15 is 0 Å². The second-order valence-corrected chi connectivity index (χ2v) is 8.78. The Labute approximate surface area is 182 Å². The van der Waals surface area contributed by atoms with Crippen LogP contribution in [0, 0.1) is 5.92 Å². The lowest BCUT2D eigenvalue weighted by atomic mass is 9.93. The third-order valence-electron chi connectivity index (χ3n) is 5.95. The van der Waals surface area contributed by atoms with Crippen molar-refractivity contribution in [1.82, 2.24) is 23.5 Å². The zero-order valence-corrected chi connectivity index (χ0v) is 18.4. The van der Waals surface area contributed by atoms with Crippen LogP contribution in [-0.2, 0) is 17.8 Å². The fraction of sp³-hybridized carbons (Fsp3) is 0.478. The number of rotatable bonds is 8. The van der Waals surface area contributed by atoms with E-state index in [4.69, 9.17) is 0 Å². The van der Waals surface area contributed by atoms with Crippen LogP contribution in [0.4, 0.5) is 0 Å². The van der Waals surface area contributed by atoms with Gasteiger partial charge < -0.3 is 4.90 Å². The summed E-state index contributed by atoms with van der Waals surface area (Å²) in [5.41, 5.74) is 4.30. The number of carbonyl (C=O) groups excluding carboxylic acids is 1. The number of likely N-dealkylation sites (tertiary alicyclic amines) is 1. The smallest absolute Gasteiger partial charge is 0.222 e. The molecule has 3 aromatic rings. The summed E-state index contributed by atoms with van der Waals surface area (Å²) < 4.78 is 8.63. The summed E-state index contributed by atoms with van der Waals surface area (Å²) in [4.78, 5) is 21.3. The summed E-state index contributed by atoms with van der Waals surface area (Å²) in [5.74, 6) is 0.834. The SMILES string of the molecule is CN(CCc1ccccn1)C(=O)CC[C@@H]1CCCN(Cc2ccc3nsnc3c2)C1. The first-order valence-corrected chi connectivity index (χ1v) is 11.5. The first-order valence-electron chi connectivity index (χ1n) is 10.7. The molecule has 7 heteroatoms. The van der Waals surface area contributed by atoms with Gasteiger partial charge in [-0.2, -0.15) is 8.75 Å². The molecule has 1 aliphatic rings. The van der Waals surface area contributed by atoms with Gasteiger partial charge in [0.1, 0.15) is 11.0 Å². The van der Waals surface area contributed by atoms with Gasteiger partial charge in [-0.05, 0) is 61.6 Å². The molecule has 0 aliphatic carbocycles. The van der Waals surface area contributed by atoms with Gasteiger partial charge in [0.05, 0.1) is 11.7 Å². The minimum Gasteiger partial charge on any atom is -0.345 e. The first kappa shape index (κ1) is 20.9. The highest BCUT2D eigenvalue weighted by molar-refractivity contribution is 7.00. The van der Waals surface area contributed by atoms with Crippen LogP contribution in [0.1, 0.15) is 36.9 Å². The molecule has 6 nitrogen and oxygen atoms in total. The van der Waals surface area contributed by atoms with E-state index in [0.29, 0.717) is 12.3 Å². The number of amides is 1. The zero-order valence-electron chi connectivity index (χ0n) is 17.5. The number of piperidine rings is 1. The number of pyridine rings is 1. The summed E-state index contributed by atoms with van der Waals surface area (Å²) >= 11 is 1.27. The molecule has 30 heavy (non-hydrogen) atoms. The molecule has 0 spiro atoms. The molecule has 0 bridgehead atoms. The summed E-state index contributed by atoms with van der Waals surface area (Å²) in [6.45, 7) is 3.86. The molecule has 0 unspecified atom stereocenters. The second-order valence-electron chi connectivity index (χ2n) is 8.26. The molecule has 0 radical (unpaired) electrons. The van der Waals surface area contributed by atoms with Gasteiger partial charge in [-0.15, -0.1) is 0 Å². The molecule has 1 aromatic carbocycles. The molecule has 1 atom stereocenters. The van der Waals surface area contributed by atoms with Crippen molar-refractivity contribution in [3.63, 3.8) is 0 Å². The largest absolute Gasteiger partial charge is 0.345 e. The minimum absolute atomic E-state index is 0.240. The van der Waals surface area contributed by atoms with E-state index in [1.165, 1.54) is 30.1 Å². The minimum atomic E-state index is 0.240. The van der Waals surface area contributed by atoms with Crippen LogP contribution in [0.5, 0.6) is 0 Å². The highest BCUT2D eigenvalue weighted by Crippen LogP contribution is 2.23. The number of nitrogens with zero attached hydrogens (tertiary/aromatic N) is 5. The monoisotopic (exact) mass is 423 g/mol. The van der Waals surface area contributed by atoms with Crippen LogP contribution in [0.2, 0.25) is 0 Å². The van der Waals surface area contributed by atoms with Gasteiger partial charge in [0, 0.05) is 51.4 Å². The predicted octanol–water partition coefficient (Wildman–Crippen LogP) is 3.78. The van der Waals surface area contributed by atoms with Crippen molar-refractivity contribution in [1.29, 1.82) is 0 Å². The molecule has 1 saturated heterocycles. The summed E-state index contributed by atoms with van der Waals surface area (Å²) in [7, 11) is 1.90. The van der Waals surface area contributed by atoms with Gasteiger partial charge in [-0.1, -0.05) is 12.1 Å². The average Bonchev–Trinajstić information content (AvgIpc) is 3.25. The van der Waals surface area contributed by atoms with Gasteiger partial charge in [-0.25, -0.2) is 0 Å². The normalized spacial score (nSPS) is 17.3. The standard InChI is InChI=1S/C23H29N5OS/c1-27(14-11-20-6-2-3-12-24-20)23(29)10-8-18-5-4-13-28(16-18)17-19-7-9-21-22(15-19)26-30-25-21/h2-3,6-7,9,12,15,18H,4-5,8,10-11,13-14,16-17H2,1H3/t18-/m0/s1. The molecule has 1 amide bonds. The Morgan fingerprint density at radius 3 is 3.00 bits per heavy atom. The Hall–Kier alpha value is -2.38. The van der Waals surface area contributed by atoms with Gasteiger partial charge in [-0.3, -0.25) is 14.7 Å². The Morgan fingerprint density at radius 1 is 1.23 bits per heavy atom. The summed E-state index contributed by atoms with van der Waals surface area (Å²) in [6.07, 6.45) is 6.63. The maximum Gasteiger partial charge on any atom is 0.222 e. The fourth-order valence-electron chi connectivity index (χ4n) is 4.19. The van der Waals surface area contributed by atoms with Crippen LogP contribution in [-0.4, -0.2) is 56.1 Å². The van der Waals surface area contributed by atoms with Gasteiger partial charge in [0.2, 0.25) is 5.91 Å². The number of hydrogen-bond donors (Lipinski definition) is 0. The molecule has 4 rings (SSSR count).